The lowest BCUT2D eigenvalue weighted by molar-refractivity contribution is -0.385. The van der Waals surface area contributed by atoms with Crippen molar-refractivity contribution in [3.8, 4) is 6.07 Å². The number of nitriles is 1. The van der Waals surface area contributed by atoms with Crippen LogP contribution in [-0.4, -0.2) is 21.2 Å². The van der Waals surface area contributed by atoms with Crippen LogP contribution in [0.5, 0.6) is 0 Å². The summed E-state index contributed by atoms with van der Waals surface area (Å²) in [7, 11) is 0. The highest BCUT2D eigenvalue weighted by molar-refractivity contribution is 5.58. The lowest BCUT2D eigenvalue weighted by Gasteiger charge is -2.15. The van der Waals surface area contributed by atoms with Gasteiger partial charge in [0.15, 0.2) is 6.10 Å². The molecular weight excluding hydrogens is 226 g/mol. The number of nitro groups is 1. The molecule has 2 unspecified atom stereocenters. The molecule has 0 aliphatic rings. The zero-order valence-electron chi connectivity index (χ0n) is 8.99. The van der Waals surface area contributed by atoms with Crippen LogP contribution in [0.1, 0.15) is 17.2 Å². The zero-order valence-corrected chi connectivity index (χ0v) is 8.99. The highest BCUT2D eigenvalue weighted by Crippen LogP contribution is 2.30. The summed E-state index contributed by atoms with van der Waals surface area (Å²) < 4.78 is 0. The molecule has 0 aliphatic heterocycles. The van der Waals surface area contributed by atoms with Crippen molar-refractivity contribution in [1.82, 2.24) is 0 Å². The third-order valence-electron chi connectivity index (χ3n) is 2.35. The molecule has 0 aromatic heterocycles. The number of aliphatic hydroxyl groups is 2. The molecule has 0 fully saturated rings. The van der Waals surface area contributed by atoms with E-state index >= 15 is 0 Å². The Morgan fingerprint density at radius 1 is 1.53 bits per heavy atom. The Morgan fingerprint density at radius 3 is 2.59 bits per heavy atom. The molecule has 0 spiro atoms. The maximum Gasteiger partial charge on any atom is 0.274 e. The molecule has 90 valence electrons. The number of rotatable bonds is 3. The Kier molecular flexibility index (Phi) is 3.62. The lowest BCUT2D eigenvalue weighted by Crippen LogP contribution is -2.17. The van der Waals surface area contributed by atoms with Gasteiger partial charge in [0, 0.05) is 22.9 Å². The summed E-state index contributed by atoms with van der Waals surface area (Å²) in [6.45, 7) is 1.48. The number of nitrogens with two attached hydrogens (primary N) is 1. The average Bonchev–Trinajstić information content (AvgIpc) is 2.29. The summed E-state index contributed by atoms with van der Waals surface area (Å²) >= 11 is 0. The van der Waals surface area contributed by atoms with Crippen LogP contribution in [0, 0.1) is 28.4 Å². The van der Waals surface area contributed by atoms with Gasteiger partial charge >= 0.3 is 0 Å². The first-order valence-electron chi connectivity index (χ1n) is 4.68. The fourth-order valence-corrected chi connectivity index (χ4v) is 1.43. The standard InChI is InChI=1S/C10H11N3O4/c1-5-2-6(10(15)9(14)4-11)7(12)3-8(5)13(16)17/h2-3,9-10,14-15H,12H2,1H3. The van der Waals surface area contributed by atoms with Crippen LogP contribution in [0.4, 0.5) is 11.4 Å². The molecule has 7 nitrogen and oxygen atoms in total. The van der Waals surface area contributed by atoms with Crippen molar-refractivity contribution in [3.05, 3.63) is 33.4 Å². The molecule has 4 N–H and O–H groups in total. The number of benzene rings is 1. The molecular formula is C10H11N3O4. The summed E-state index contributed by atoms with van der Waals surface area (Å²) in [5.74, 6) is 0. The number of nitrogens with zero attached hydrogens (tertiary/aromatic N) is 2. The number of nitro benzene ring substituents is 1. The van der Waals surface area contributed by atoms with E-state index in [-0.39, 0.29) is 16.9 Å². The largest absolute Gasteiger partial charge is 0.398 e. The Balaban J connectivity index is 3.26. The highest BCUT2D eigenvalue weighted by atomic mass is 16.6. The molecule has 0 saturated carbocycles. The van der Waals surface area contributed by atoms with E-state index in [0.717, 1.165) is 6.07 Å². The van der Waals surface area contributed by atoms with E-state index in [1.54, 1.807) is 0 Å². The SMILES string of the molecule is Cc1cc(C(O)C(O)C#N)c(N)cc1[N+](=O)[O-]. The summed E-state index contributed by atoms with van der Waals surface area (Å²) in [5, 5.41) is 37.9. The Hall–Kier alpha value is -2.17. The van der Waals surface area contributed by atoms with Gasteiger partial charge in [0.25, 0.3) is 5.69 Å². The third kappa shape index (κ3) is 2.50. The van der Waals surface area contributed by atoms with Crippen LogP contribution in [0.2, 0.25) is 0 Å². The van der Waals surface area contributed by atoms with E-state index in [2.05, 4.69) is 0 Å². The number of aryl methyl sites for hydroxylation is 1. The monoisotopic (exact) mass is 237 g/mol. The van der Waals surface area contributed by atoms with Crippen molar-refractivity contribution in [3.63, 3.8) is 0 Å². The van der Waals surface area contributed by atoms with Gasteiger partial charge in [-0.25, -0.2) is 0 Å². The first kappa shape index (κ1) is 12.9. The summed E-state index contributed by atoms with van der Waals surface area (Å²) in [6.07, 6.45) is -3.11. The maximum absolute atomic E-state index is 10.6. The van der Waals surface area contributed by atoms with E-state index in [4.69, 9.17) is 11.0 Å². The van der Waals surface area contributed by atoms with Crippen molar-refractivity contribution in [2.45, 2.75) is 19.1 Å². The van der Waals surface area contributed by atoms with Crippen LogP contribution in [0.25, 0.3) is 0 Å². The zero-order chi connectivity index (χ0) is 13.2. The van der Waals surface area contributed by atoms with Gasteiger partial charge in [-0.2, -0.15) is 5.26 Å². The van der Waals surface area contributed by atoms with Gasteiger partial charge in [-0.05, 0) is 13.0 Å². The van der Waals surface area contributed by atoms with E-state index < -0.39 is 17.1 Å². The van der Waals surface area contributed by atoms with Crippen molar-refractivity contribution >= 4 is 11.4 Å². The first-order chi connectivity index (χ1) is 7.88. The maximum atomic E-state index is 10.6. The second-order valence-electron chi connectivity index (χ2n) is 3.54. The van der Waals surface area contributed by atoms with Crippen molar-refractivity contribution in [2.24, 2.45) is 0 Å². The third-order valence-corrected chi connectivity index (χ3v) is 2.35. The Labute approximate surface area is 96.9 Å². The molecule has 0 bridgehead atoms. The van der Waals surface area contributed by atoms with Gasteiger partial charge in [0.05, 0.1) is 11.0 Å². The number of anilines is 1. The average molecular weight is 237 g/mol. The minimum Gasteiger partial charge on any atom is -0.398 e. The fourth-order valence-electron chi connectivity index (χ4n) is 1.43. The smallest absolute Gasteiger partial charge is 0.274 e. The number of hydrogen-bond donors (Lipinski definition) is 3. The predicted octanol–water partition coefficient (Wildman–Crippen LogP) is 0.403. The minimum atomic E-state index is -1.63. The molecule has 0 aliphatic carbocycles. The summed E-state index contributed by atoms with van der Waals surface area (Å²) in [4.78, 5) is 10.0. The summed E-state index contributed by atoms with van der Waals surface area (Å²) in [6, 6.07) is 3.85. The van der Waals surface area contributed by atoms with Gasteiger partial charge in [0.1, 0.15) is 6.10 Å². The normalized spacial score (nSPS) is 13.8. The highest BCUT2D eigenvalue weighted by Gasteiger charge is 2.23. The van der Waals surface area contributed by atoms with Crippen LogP contribution >= 0.6 is 0 Å². The van der Waals surface area contributed by atoms with Crippen molar-refractivity contribution in [1.29, 1.82) is 5.26 Å². The number of hydrogen-bond acceptors (Lipinski definition) is 6. The molecule has 0 saturated heterocycles. The van der Waals surface area contributed by atoms with E-state index in [0.29, 0.717) is 5.56 Å². The van der Waals surface area contributed by atoms with Crippen molar-refractivity contribution < 1.29 is 15.1 Å². The molecule has 17 heavy (non-hydrogen) atoms. The van der Waals surface area contributed by atoms with Gasteiger partial charge in [0.2, 0.25) is 0 Å². The van der Waals surface area contributed by atoms with Crippen LogP contribution in [0.3, 0.4) is 0 Å². The van der Waals surface area contributed by atoms with Gasteiger partial charge < -0.3 is 15.9 Å². The second-order valence-corrected chi connectivity index (χ2v) is 3.54. The number of nitrogen functional groups attached to an aromatic ring is 1. The van der Waals surface area contributed by atoms with Gasteiger partial charge in [-0.15, -0.1) is 0 Å². The lowest BCUT2D eigenvalue weighted by atomic mass is 10.00. The van der Waals surface area contributed by atoms with E-state index in [1.165, 1.54) is 19.1 Å². The van der Waals surface area contributed by atoms with Gasteiger partial charge in [-0.1, -0.05) is 0 Å². The molecule has 1 aromatic rings. The fraction of sp³-hybridized carbons (Fsp3) is 0.300. The Morgan fingerprint density at radius 2 is 2.12 bits per heavy atom. The molecule has 1 aromatic carbocycles. The minimum absolute atomic E-state index is 0.0379. The van der Waals surface area contributed by atoms with Crippen LogP contribution in [0.15, 0.2) is 12.1 Å². The molecule has 0 amide bonds. The number of aliphatic hydroxyl groups excluding tert-OH is 2. The first-order valence-corrected chi connectivity index (χ1v) is 4.68. The van der Waals surface area contributed by atoms with E-state index in [9.17, 15) is 20.3 Å². The van der Waals surface area contributed by atoms with Gasteiger partial charge in [-0.3, -0.25) is 10.1 Å². The Bertz CT molecular complexity index is 495. The molecule has 1 rings (SSSR count). The summed E-state index contributed by atoms with van der Waals surface area (Å²) in [5.41, 5.74) is 5.72. The molecule has 0 heterocycles. The van der Waals surface area contributed by atoms with Crippen LogP contribution < -0.4 is 5.73 Å². The van der Waals surface area contributed by atoms with Crippen molar-refractivity contribution in [2.75, 3.05) is 5.73 Å². The second kappa shape index (κ2) is 4.78. The molecule has 7 heteroatoms. The molecule has 0 radical (unpaired) electrons. The topological polar surface area (TPSA) is 133 Å². The quantitative estimate of drug-likeness (QED) is 0.301. The van der Waals surface area contributed by atoms with E-state index in [1.807, 2.05) is 0 Å². The molecule has 2 atom stereocenters. The predicted molar refractivity (Wildman–Crippen MR) is 58.8 cm³/mol. The van der Waals surface area contributed by atoms with Crippen LogP contribution in [-0.2, 0) is 0 Å².